The van der Waals surface area contributed by atoms with E-state index in [-0.39, 0.29) is 0 Å². The molecule has 2 fully saturated rings. The molecule has 0 spiro atoms. The van der Waals surface area contributed by atoms with E-state index in [1.807, 2.05) is 6.07 Å². The summed E-state index contributed by atoms with van der Waals surface area (Å²) in [5.74, 6) is 2.21. The maximum Gasteiger partial charge on any atom is 0.223 e. The van der Waals surface area contributed by atoms with Crippen LogP contribution in [0.5, 0.6) is 0 Å². The topological polar surface area (TPSA) is 32.3 Å². The monoisotopic (exact) mass is 328 g/mol. The molecule has 1 saturated heterocycles. The summed E-state index contributed by atoms with van der Waals surface area (Å²) in [6.07, 6.45) is 7.14. The van der Waals surface area contributed by atoms with E-state index in [4.69, 9.17) is 0 Å². The van der Waals surface area contributed by atoms with Crippen molar-refractivity contribution >= 4 is 5.91 Å². The molecule has 132 valence electrons. The van der Waals surface area contributed by atoms with Crippen molar-refractivity contribution in [1.82, 2.24) is 10.2 Å². The molecule has 1 aromatic carbocycles. The molecule has 1 amide bonds. The molecule has 1 aromatic rings. The van der Waals surface area contributed by atoms with Crippen LogP contribution in [0.25, 0.3) is 0 Å². The van der Waals surface area contributed by atoms with E-state index >= 15 is 0 Å². The maximum absolute atomic E-state index is 13.0. The van der Waals surface area contributed by atoms with Crippen molar-refractivity contribution in [2.45, 2.75) is 52.0 Å². The van der Waals surface area contributed by atoms with Crippen LogP contribution in [0.1, 0.15) is 51.0 Å². The summed E-state index contributed by atoms with van der Waals surface area (Å²) in [5, 5.41) is 3.48. The Morgan fingerprint density at radius 3 is 2.62 bits per heavy atom. The quantitative estimate of drug-likeness (QED) is 0.825. The lowest BCUT2D eigenvalue weighted by Gasteiger charge is -2.34. The zero-order chi connectivity index (χ0) is 16.8. The fraction of sp³-hybridized carbons (Fsp3) is 0.667. The van der Waals surface area contributed by atoms with Gasteiger partial charge >= 0.3 is 0 Å². The van der Waals surface area contributed by atoms with E-state index in [9.17, 15) is 4.79 Å². The van der Waals surface area contributed by atoms with Gasteiger partial charge in [-0.15, -0.1) is 0 Å². The molecular weight excluding hydrogens is 296 g/mol. The normalized spacial score (nSPS) is 22.6. The predicted molar refractivity (Wildman–Crippen MR) is 98.6 cm³/mol. The number of hydrogen-bond acceptors (Lipinski definition) is 2. The van der Waals surface area contributed by atoms with Crippen molar-refractivity contribution < 1.29 is 4.79 Å². The molecule has 1 heterocycles. The molecular formula is C21H32N2O. The molecule has 24 heavy (non-hydrogen) atoms. The highest BCUT2D eigenvalue weighted by molar-refractivity contribution is 5.76. The number of benzene rings is 1. The standard InChI is InChI=1S/C21H32N2O/c1-17(20-11-6-12-22-14-20)13-21(24)23(16-19-9-5-10-19)15-18-7-3-2-4-8-18/h2-4,7-8,17,19-20,22H,5-6,9-16H2,1H3. The van der Waals surface area contributed by atoms with E-state index < -0.39 is 0 Å². The maximum atomic E-state index is 13.0. The third-order valence-electron chi connectivity index (χ3n) is 5.91. The van der Waals surface area contributed by atoms with Gasteiger partial charge in [-0.1, -0.05) is 43.7 Å². The van der Waals surface area contributed by atoms with Crippen molar-refractivity contribution in [2.24, 2.45) is 17.8 Å². The molecule has 2 atom stereocenters. The first kappa shape index (κ1) is 17.5. The highest BCUT2D eigenvalue weighted by Crippen LogP contribution is 2.29. The van der Waals surface area contributed by atoms with Crippen LogP contribution in [-0.4, -0.2) is 30.4 Å². The Kier molecular flexibility index (Phi) is 6.30. The lowest BCUT2D eigenvalue weighted by molar-refractivity contribution is -0.134. The average molecular weight is 329 g/mol. The number of amides is 1. The Bertz CT molecular complexity index is 506. The number of rotatable bonds is 7. The molecule has 2 unspecified atom stereocenters. The Balaban J connectivity index is 1.58. The van der Waals surface area contributed by atoms with Gasteiger partial charge in [-0.3, -0.25) is 4.79 Å². The second-order valence-electron chi connectivity index (χ2n) is 7.84. The summed E-state index contributed by atoms with van der Waals surface area (Å²) in [6.45, 7) is 6.20. The Hall–Kier alpha value is -1.35. The highest BCUT2D eigenvalue weighted by Gasteiger charge is 2.27. The molecule has 0 aromatic heterocycles. The number of nitrogens with one attached hydrogen (secondary N) is 1. The largest absolute Gasteiger partial charge is 0.338 e. The number of nitrogens with zero attached hydrogens (tertiary/aromatic N) is 1. The molecule has 1 aliphatic carbocycles. The van der Waals surface area contributed by atoms with Gasteiger partial charge in [0.05, 0.1) is 0 Å². The molecule has 1 N–H and O–H groups in total. The van der Waals surface area contributed by atoms with Gasteiger partial charge in [0.2, 0.25) is 5.91 Å². The van der Waals surface area contributed by atoms with Crippen molar-refractivity contribution in [3.05, 3.63) is 35.9 Å². The first-order valence-corrected chi connectivity index (χ1v) is 9.75. The summed E-state index contributed by atoms with van der Waals surface area (Å²) in [7, 11) is 0. The first-order chi connectivity index (χ1) is 11.7. The third kappa shape index (κ3) is 4.83. The molecule has 3 heteroatoms. The molecule has 1 saturated carbocycles. The summed E-state index contributed by atoms with van der Waals surface area (Å²) in [6, 6.07) is 10.4. The predicted octanol–water partition coefficient (Wildman–Crippen LogP) is 3.84. The average Bonchev–Trinajstić information content (AvgIpc) is 2.58. The number of piperidine rings is 1. The molecule has 3 nitrogen and oxygen atoms in total. The second kappa shape index (κ2) is 8.66. The lowest BCUT2D eigenvalue weighted by atomic mass is 9.83. The Labute approximate surface area is 146 Å². The van der Waals surface area contributed by atoms with Gasteiger partial charge < -0.3 is 10.2 Å². The van der Waals surface area contributed by atoms with Crippen molar-refractivity contribution in [3.63, 3.8) is 0 Å². The van der Waals surface area contributed by atoms with E-state index in [0.29, 0.717) is 24.2 Å². The smallest absolute Gasteiger partial charge is 0.223 e. The second-order valence-corrected chi connectivity index (χ2v) is 7.84. The van der Waals surface area contributed by atoms with Crippen LogP contribution >= 0.6 is 0 Å². The zero-order valence-corrected chi connectivity index (χ0v) is 15.0. The van der Waals surface area contributed by atoms with Crippen LogP contribution in [0.2, 0.25) is 0 Å². The Morgan fingerprint density at radius 1 is 1.21 bits per heavy atom. The molecule has 0 bridgehead atoms. The van der Waals surface area contributed by atoms with Crippen LogP contribution in [0.15, 0.2) is 30.3 Å². The van der Waals surface area contributed by atoms with Crippen LogP contribution < -0.4 is 5.32 Å². The fourth-order valence-electron chi connectivity index (χ4n) is 3.98. The lowest BCUT2D eigenvalue weighted by Crippen LogP contribution is -2.39. The summed E-state index contributed by atoms with van der Waals surface area (Å²) in [4.78, 5) is 15.1. The molecule has 2 aliphatic rings. The van der Waals surface area contributed by atoms with Gasteiger partial charge in [-0.05, 0) is 62.1 Å². The molecule has 3 rings (SSSR count). The third-order valence-corrected chi connectivity index (χ3v) is 5.91. The number of hydrogen-bond donors (Lipinski definition) is 1. The van der Waals surface area contributed by atoms with E-state index in [1.54, 1.807) is 0 Å². The van der Waals surface area contributed by atoms with Crippen LogP contribution in [0, 0.1) is 17.8 Å². The van der Waals surface area contributed by atoms with Gasteiger partial charge in [0.15, 0.2) is 0 Å². The summed E-state index contributed by atoms with van der Waals surface area (Å²) in [5.41, 5.74) is 1.25. The van der Waals surface area contributed by atoms with Gasteiger partial charge in [0.25, 0.3) is 0 Å². The van der Waals surface area contributed by atoms with Crippen molar-refractivity contribution in [1.29, 1.82) is 0 Å². The fourth-order valence-corrected chi connectivity index (χ4v) is 3.98. The van der Waals surface area contributed by atoms with Crippen molar-refractivity contribution in [3.8, 4) is 0 Å². The minimum atomic E-state index is 0.351. The molecule has 1 aliphatic heterocycles. The van der Waals surface area contributed by atoms with E-state index in [2.05, 4.69) is 41.4 Å². The number of carbonyl (C=O) groups excluding carboxylic acids is 1. The first-order valence-electron chi connectivity index (χ1n) is 9.75. The van der Waals surface area contributed by atoms with Gasteiger partial charge in [0.1, 0.15) is 0 Å². The van der Waals surface area contributed by atoms with Crippen molar-refractivity contribution in [2.75, 3.05) is 19.6 Å². The summed E-state index contributed by atoms with van der Waals surface area (Å²) >= 11 is 0. The SMILES string of the molecule is CC(CC(=O)N(Cc1ccccc1)CC1CCC1)C1CCCNC1. The minimum Gasteiger partial charge on any atom is -0.338 e. The van der Waals surface area contributed by atoms with Gasteiger partial charge in [0, 0.05) is 19.5 Å². The van der Waals surface area contributed by atoms with E-state index in [0.717, 1.165) is 32.1 Å². The van der Waals surface area contributed by atoms with Crippen LogP contribution in [-0.2, 0) is 11.3 Å². The zero-order valence-electron chi connectivity index (χ0n) is 15.0. The van der Waals surface area contributed by atoms with Crippen LogP contribution in [0.4, 0.5) is 0 Å². The van der Waals surface area contributed by atoms with Gasteiger partial charge in [-0.2, -0.15) is 0 Å². The van der Waals surface area contributed by atoms with Gasteiger partial charge in [-0.25, -0.2) is 0 Å². The minimum absolute atomic E-state index is 0.351. The summed E-state index contributed by atoms with van der Waals surface area (Å²) < 4.78 is 0. The molecule has 0 radical (unpaired) electrons. The van der Waals surface area contributed by atoms with Crippen LogP contribution in [0.3, 0.4) is 0 Å². The highest BCUT2D eigenvalue weighted by atomic mass is 16.2. The number of carbonyl (C=O) groups is 1. The Morgan fingerprint density at radius 2 is 2.00 bits per heavy atom. The van der Waals surface area contributed by atoms with E-state index in [1.165, 1.54) is 37.7 Å².